The molecule has 0 amide bonds. The van der Waals surface area contributed by atoms with Crippen molar-refractivity contribution in [2.45, 2.75) is 52.4 Å². The highest BCUT2D eigenvalue weighted by Crippen LogP contribution is 2.30. The summed E-state index contributed by atoms with van der Waals surface area (Å²) in [6, 6.07) is 18.1. The van der Waals surface area contributed by atoms with Gasteiger partial charge in [0.05, 0.1) is 16.7 Å². The van der Waals surface area contributed by atoms with Gasteiger partial charge in [0.1, 0.15) is 17.3 Å². The van der Waals surface area contributed by atoms with Crippen LogP contribution in [0.15, 0.2) is 60.8 Å². The number of piperidine rings is 1. The van der Waals surface area contributed by atoms with Crippen LogP contribution in [0.3, 0.4) is 0 Å². The van der Waals surface area contributed by atoms with Gasteiger partial charge >= 0.3 is 0 Å². The molecule has 0 bridgehead atoms. The van der Waals surface area contributed by atoms with Crippen LogP contribution in [0.1, 0.15) is 51.8 Å². The number of nitrogens with one attached hydrogen (secondary N) is 1. The molecule has 0 atom stereocenters. The lowest BCUT2D eigenvalue weighted by Gasteiger charge is -2.30. The second kappa shape index (κ2) is 11.2. The average molecular weight is 526 g/mol. The standard InChI is InChI=1S/C32H39N5O2/c1-6-37-16-13-22(14-17-37)30(38)20-25-19-27(12-15-33-25)39-26-10-11-29-28(21-26)35-31(36(29)5)34-24-9-7-8-23(18-24)32(2,3)4/h7-12,15,18-19,21-22H,6,13-14,16-17,20H2,1-5H3,(H,34,35). The first-order valence-electron chi connectivity index (χ1n) is 13.9. The summed E-state index contributed by atoms with van der Waals surface area (Å²) in [4.78, 5) is 24.6. The quantitative estimate of drug-likeness (QED) is 0.278. The van der Waals surface area contributed by atoms with E-state index >= 15 is 0 Å². The topological polar surface area (TPSA) is 72.3 Å². The maximum Gasteiger partial charge on any atom is 0.208 e. The van der Waals surface area contributed by atoms with Crippen molar-refractivity contribution in [3.8, 4) is 11.5 Å². The lowest BCUT2D eigenvalue weighted by Crippen LogP contribution is -2.36. The van der Waals surface area contributed by atoms with Crippen molar-refractivity contribution in [1.82, 2.24) is 19.4 Å². The summed E-state index contributed by atoms with van der Waals surface area (Å²) in [7, 11) is 2.00. The van der Waals surface area contributed by atoms with Crippen molar-refractivity contribution >= 4 is 28.5 Å². The van der Waals surface area contributed by atoms with E-state index in [9.17, 15) is 4.79 Å². The van der Waals surface area contributed by atoms with Crippen molar-refractivity contribution in [3.05, 3.63) is 72.1 Å². The molecule has 1 aliphatic rings. The van der Waals surface area contributed by atoms with Crippen LogP contribution in [0.2, 0.25) is 0 Å². The molecule has 4 aromatic rings. The van der Waals surface area contributed by atoms with E-state index in [1.165, 1.54) is 5.56 Å². The number of aryl methyl sites for hydroxylation is 1. The summed E-state index contributed by atoms with van der Waals surface area (Å²) in [5, 5.41) is 3.47. The third kappa shape index (κ3) is 6.31. The molecular weight excluding hydrogens is 486 g/mol. The monoisotopic (exact) mass is 525 g/mol. The number of ketones is 1. The van der Waals surface area contributed by atoms with Gasteiger partial charge in [0.25, 0.3) is 0 Å². The minimum atomic E-state index is 0.0723. The Hall–Kier alpha value is -3.71. The molecule has 7 heteroatoms. The number of benzene rings is 2. The van der Waals surface area contributed by atoms with Crippen molar-refractivity contribution < 1.29 is 9.53 Å². The predicted molar refractivity (Wildman–Crippen MR) is 157 cm³/mol. The zero-order chi connectivity index (χ0) is 27.6. The molecule has 0 aliphatic carbocycles. The van der Waals surface area contributed by atoms with Gasteiger partial charge < -0.3 is 19.5 Å². The molecule has 7 nitrogen and oxygen atoms in total. The Morgan fingerprint density at radius 2 is 1.82 bits per heavy atom. The van der Waals surface area contributed by atoms with E-state index in [1.807, 2.05) is 41.9 Å². The van der Waals surface area contributed by atoms with Crippen LogP contribution >= 0.6 is 0 Å². The Labute approximate surface area is 231 Å². The van der Waals surface area contributed by atoms with E-state index in [4.69, 9.17) is 9.72 Å². The van der Waals surface area contributed by atoms with Crippen LogP contribution in [-0.4, -0.2) is 44.9 Å². The zero-order valence-electron chi connectivity index (χ0n) is 23.7. The maximum atomic E-state index is 12.9. The van der Waals surface area contributed by atoms with E-state index < -0.39 is 0 Å². The molecule has 0 spiro atoms. The first-order chi connectivity index (χ1) is 18.7. The molecule has 3 heterocycles. The number of nitrogens with zero attached hydrogens (tertiary/aromatic N) is 4. The molecule has 0 saturated carbocycles. The summed E-state index contributed by atoms with van der Waals surface area (Å²) in [6.45, 7) is 11.9. The van der Waals surface area contributed by atoms with Crippen LogP contribution in [0, 0.1) is 5.92 Å². The Balaban J connectivity index is 1.27. The van der Waals surface area contributed by atoms with Crippen LogP contribution in [-0.2, 0) is 23.7 Å². The number of carbonyl (C=O) groups is 1. The first kappa shape index (κ1) is 26.9. The third-order valence-electron chi connectivity index (χ3n) is 7.71. The molecule has 1 saturated heterocycles. The fraction of sp³-hybridized carbons (Fsp3) is 0.406. The normalized spacial score (nSPS) is 15.0. The highest BCUT2D eigenvalue weighted by molar-refractivity contribution is 5.83. The van der Waals surface area contributed by atoms with E-state index in [0.29, 0.717) is 17.9 Å². The number of pyridine rings is 1. The summed E-state index contributed by atoms with van der Waals surface area (Å²) >= 11 is 0. The fourth-order valence-corrected chi connectivity index (χ4v) is 5.19. The highest BCUT2D eigenvalue weighted by atomic mass is 16.5. The number of fused-ring (bicyclic) bond motifs is 1. The van der Waals surface area contributed by atoms with E-state index in [2.05, 4.69) is 67.2 Å². The number of aromatic nitrogens is 3. The number of hydrogen-bond acceptors (Lipinski definition) is 6. The fourth-order valence-electron chi connectivity index (χ4n) is 5.19. The molecule has 0 unspecified atom stereocenters. The van der Waals surface area contributed by atoms with Gasteiger partial charge in [0.2, 0.25) is 5.95 Å². The number of ether oxygens (including phenoxy) is 1. The Kier molecular flexibility index (Phi) is 7.71. The molecule has 1 N–H and O–H groups in total. The number of likely N-dealkylation sites (tertiary alicyclic amines) is 1. The molecular formula is C32H39N5O2. The molecule has 1 fully saturated rings. The van der Waals surface area contributed by atoms with E-state index in [1.54, 1.807) is 6.20 Å². The number of rotatable bonds is 8. The van der Waals surface area contributed by atoms with Gasteiger partial charge in [-0.15, -0.1) is 0 Å². The van der Waals surface area contributed by atoms with Gasteiger partial charge in [-0.2, -0.15) is 0 Å². The van der Waals surface area contributed by atoms with E-state index in [0.717, 1.165) is 60.8 Å². The van der Waals surface area contributed by atoms with Gasteiger partial charge in [0.15, 0.2) is 0 Å². The Morgan fingerprint density at radius 1 is 1.05 bits per heavy atom. The van der Waals surface area contributed by atoms with Gasteiger partial charge in [-0.05, 0) is 73.8 Å². The van der Waals surface area contributed by atoms with Crippen molar-refractivity contribution in [2.75, 3.05) is 25.0 Å². The zero-order valence-corrected chi connectivity index (χ0v) is 23.7. The molecule has 5 rings (SSSR count). The Morgan fingerprint density at radius 3 is 2.56 bits per heavy atom. The first-order valence-corrected chi connectivity index (χ1v) is 13.9. The largest absolute Gasteiger partial charge is 0.457 e. The number of carbonyl (C=O) groups excluding carboxylic acids is 1. The number of imidazole rings is 1. The lowest BCUT2D eigenvalue weighted by molar-refractivity contribution is -0.123. The van der Waals surface area contributed by atoms with Crippen LogP contribution in [0.4, 0.5) is 11.6 Å². The van der Waals surface area contributed by atoms with Gasteiger partial charge in [0, 0.05) is 43.4 Å². The third-order valence-corrected chi connectivity index (χ3v) is 7.71. The lowest BCUT2D eigenvalue weighted by atomic mass is 9.87. The molecule has 2 aromatic heterocycles. The van der Waals surface area contributed by atoms with Gasteiger partial charge in [-0.1, -0.05) is 39.8 Å². The SMILES string of the molecule is CCN1CCC(C(=O)Cc2cc(Oc3ccc4c(c3)nc(Nc3cccc(C(C)(C)C)c3)n4C)ccn2)CC1. The smallest absolute Gasteiger partial charge is 0.208 e. The van der Waals surface area contributed by atoms with Crippen molar-refractivity contribution in [2.24, 2.45) is 13.0 Å². The maximum absolute atomic E-state index is 12.9. The summed E-state index contributed by atoms with van der Waals surface area (Å²) in [5.74, 6) is 2.53. The van der Waals surface area contributed by atoms with Crippen LogP contribution < -0.4 is 10.1 Å². The summed E-state index contributed by atoms with van der Waals surface area (Å²) < 4.78 is 8.22. The summed E-state index contributed by atoms with van der Waals surface area (Å²) in [5.41, 5.74) is 4.94. The van der Waals surface area contributed by atoms with E-state index in [-0.39, 0.29) is 17.1 Å². The number of Topliss-reactive ketones (excluding diaryl/α,β-unsaturated/α-hetero) is 1. The second-order valence-corrected chi connectivity index (χ2v) is 11.5. The molecule has 2 aromatic carbocycles. The molecule has 0 radical (unpaired) electrons. The van der Waals surface area contributed by atoms with Gasteiger partial charge in [-0.25, -0.2) is 4.98 Å². The van der Waals surface area contributed by atoms with Crippen molar-refractivity contribution in [1.29, 1.82) is 0 Å². The molecule has 204 valence electrons. The molecule has 39 heavy (non-hydrogen) atoms. The van der Waals surface area contributed by atoms with Crippen molar-refractivity contribution in [3.63, 3.8) is 0 Å². The molecule has 1 aliphatic heterocycles. The second-order valence-electron chi connectivity index (χ2n) is 11.5. The number of anilines is 2. The van der Waals surface area contributed by atoms with Crippen LogP contribution in [0.5, 0.6) is 11.5 Å². The highest BCUT2D eigenvalue weighted by Gasteiger charge is 2.24. The summed E-state index contributed by atoms with van der Waals surface area (Å²) in [6.07, 6.45) is 3.93. The van der Waals surface area contributed by atoms with Crippen LogP contribution in [0.25, 0.3) is 11.0 Å². The Bertz CT molecular complexity index is 1460. The average Bonchev–Trinajstić information content (AvgIpc) is 3.22. The van der Waals surface area contributed by atoms with Gasteiger partial charge in [-0.3, -0.25) is 9.78 Å². The minimum Gasteiger partial charge on any atom is -0.457 e. The number of hydrogen-bond donors (Lipinski definition) is 1. The predicted octanol–water partition coefficient (Wildman–Crippen LogP) is 6.65. The minimum absolute atomic E-state index is 0.0723.